The zero-order chi connectivity index (χ0) is 16.4. The number of hydrogen-bond donors (Lipinski definition) is 0. The van der Waals surface area contributed by atoms with Gasteiger partial charge < -0.3 is 18.9 Å². The molecule has 23 heavy (non-hydrogen) atoms. The van der Waals surface area contributed by atoms with Gasteiger partial charge in [-0.3, -0.25) is 4.79 Å². The molecular weight excluding hydrogens is 296 g/mol. The summed E-state index contributed by atoms with van der Waals surface area (Å²) in [7, 11) is 4.69. The monoisotopic (exact) mass is 314 g/mol. The van der Waals surface area contributed by atoms with Crippen LogP contribution in [0.15, 0.2) is 36.4 Å². The first-order chi connectivity index (χ1) is 11.2. The van der Waals surface area contributed by atoms with Crippen molar-refractivity contribution in [3.63, 3.8) is 0 Å². The average Bonchev–Trinajstić information content (AvgIpc) is 2.59. The van der Waals surface area contributed by atoms with Crippen molar-refractivity contribution in [2.45, 2.75) is 12.5 Å². The van der Waals surface area contributed by atoms with Gasteiger partial charge in [-0.25, -0.2) is 0 Å². The molecule has 0 bridgehead atoms. The normalized spacial score (nSPS) is 16.3. The molecule has 0 saturated carbocycles. The number of carbonyl (C=O) groups is 1. The van der Waals surface area contributed by atoms with Crippen molar-refractivity contribution >= 4 is 5.78 Å². The predicted octanol–water partition coefficient (Wildman–Crippen LogP) is 2.96. The summed E-state index contributed by atoms with van der Waals surface area (Å²) >= 11 is 0. The molecule has 2 aromatic carbocycles. The minimum atomic E-state index is -0.723. The van der Waals surface area contributed by atoms with Gasteiger partial charge >= 0.3 is 0 Å². The molecule has 5 heteroatoms. The number of methoxy groups -OCH3 is 3. The summed E-state index contributed by atoms with van der Waals surface area (Å²) in [5.74, 6) is 2.34. The van der Waals surface area contributed by atoms with E-state index < -0.39 is 6.10 Å². The Kier molecular flexibility index (Phi) is 4.10. The fourth-order valence-electron chi connectivity index (χ4n) is 2.84. The van der Waals surface area contributed by atoms with E-state index in [1.807, 2.05) is 30.3 Å². The van der Waals surface area contributed by atoms with Gasteiger partial charge in [-0.2, -0.15) is 0 Å². The molecule has 0 N–H and O–H groups in total. The molecule has 1 atom stereocenters. The van der Waals surface area contributed by atoms with Gasteiger partial charge in [-0.15, -0.1) is 0 Å². The van der Waals surface area contributed by atoms with Crippen LogP contribution in [0.5, 0.6) is 23.0 Å². The summed E-state index contributed by atoms with van der Waals surface area (Å²) in [4.78, 5) is 12.6. The molecule has 1 aliphatic heterocycles. The fraction of sp³-hybridized carbons (Fsp3) is 0.278. The maximum absolute atomic E-state index is 12.6. The van der Waals surface area contributed by atoms with Gasteiger partial charge in [0.25, 0.3) is 0 Å². The first-order valence-corrected chi connectivity index (χ1v) is 7.25. The first kappa shape index (κ1) is 15.2. The summed E-state index contributed by atoms with van der Waals surface area (Å²) in [6.45, 7) is 0. The number of para-hydroxylation sites is 1. The molecule has 0 amide bonds. The van der Waals surface area contributed by atoms with Crippen LogP contribution in [0.4, 0.5) is 0 Å². The van der Waals surface area contributed by atoms with Gasteiger partial charge in [0, 0.05) is 17.5 Å². The molecule has 3 rings (SSSR count). The van der Waals surface area contributed by atoms with E-state index in [1.54, 1.807) is 27.4 Å². The van der Waals surface area contributed by atoms with Crippen LogP contribution >= 0.6 is 0 Å². The van der Waals surface area contributed by atoms with Crippen LogP contribution in [0, 0.1) is 0 Å². The summed E-state index contributed by atoms with van der Waals surface area (Å²) in [6.07, 6.45) is -0.468. The number of rotatable bonds is 4. The maximum Gasteiger partial charge on any atom is 0.186 e. The molecule has 0 aliphatic carbocycles. The smallest absolute Gasteiger partial charge is 0.186 e. The zero-order valence-corrected chi connectivity index (χ0v) is 13.3. The van der Waals surface area contributed by atoms with E-state index in [9.17, 15) is 4.79 Å². The van der Waals surface area contributed by atoms with Crippen LogP contribution < -0.4 is 18.9 Å². The minimum Gasteiger partial charge on any atom is -0.496 e. The SMILES string of the molecule is COc1cccc2c1CC(=O)C(c1cccc(OC)c1OC)O2. The van der Waals surface area contributed by atoms with Crippen molar-refractivity contribution in [2.75, 3.05) is 21.3 Å². The second-order valence-electron chi connectivity index (χ2n) is 5.16. The third-order valence-electron chi connectivity index (χ3n) is 3.91. The Hall–Kier alpha value is -2.69. The van der Waals surface area contributed by atoms with Crippen molar-refractivity contribution in [3.05, 3.63) is 47.5 Å². The van der Waals surface area contributed by atoms with Gasteiger partial charge in [0.15, 0.2) is 23.4 Å². The Labute approximate surface area is 134 Å². The average molecular weight is 314 g/mol. The third kappa shape index (κ3) is 2.59. The third-order valence-corrected chi connectivity index (χ3v) is 3.91. The quantitative estimate of drug-likeness (QED) is 0.868. The minimum absolute atomic E-state index is 0.0476. The number of fused-ring (bicyclic) bond motifs is 1. The summed E-state index contributed by atoms with van der Waals surface area (Å²) in [5.41, 5.74) is 1.43. The van der Waals surface area contributed by atoms with E-state index in [4.69, 9.17) is 18.9 Å². The van der Waals surface area contributed by atoms with Crippen LogP contribution in [0.3, 0.4) is 0 Å². The molecule has 1 aliphatic rings. The van der Waals surface area contributed by atoms with E-state index in [-0.39, 0.29) is 12.2 Å². The molecule has 5 nitrogen and oxygen atoms in total. The van der Waals surface area contributed by atoms with E-state index in [0.29, 0.717) is 28.6 Å². The molecule has 120 valence electrons. The lowest BCUT2D eigenvalue weighted by Crippen LogP contribution is -2.26. The molecule has 0 radical (unpaired) electrons. The number of benzene rings is 2. The van der Waals surface area contributed by atoms with Crippen LogP contribution in [-0.2, 0) is 11.2 Å². The van der Waals surface area contributed by atoms with E-state index in [2.05, 4.69) is 0 Å². The van der Waals surface area contributed by atoms with Crippen molar-refractivity contribution in [3.8, 4) is 23.0 Å². The Balaban J connectivity index is 2.04. The van der Waals surface area contributed by atoms with Crippen LogP contribution in [0.2, 0.25) is 0 Å². The van der Waals surface area contributed by atoms with Gasteiger partial charge in [-0.05, 0) is 18.2 Å². The standard InChI is InChI=1S/C18H18O5/c1-20-14-7-5-8-15-12(14)10-13(19)17(23-15)11-6-4-9-16(21-2)18(11)22-3/h4-9,17H,10H2,1-3H3. The molecule has 1 unspecified atom stereocenters. The Morgan fingerprint density at radius 2 is 1.65 bits per heavy atom. The van der Waals surface area contributed by atoms with Crippen molar-refractivity contribution in [1.82, 2.24) is 0 Å². The highest BCUT2D eigenvalue weighted by molar-refractivity contribution is 5.90. The number of Topliss-reactive ketones (excluding diaryl/α,β-unsaturated/α-hetero) is 1. The molecule has 2 aromatic rings. The topological polar surface area (TPSA) is 54.0 Å². The Morgan fingerprint density at radius 1 is 0.957 bits per heavy atom. The van der Waals surface area contributed by atoms with Crippen LogP contribution in [-0.4, -0.2) is 27.1 Å². The van der Waals surface area contributed by atoms with Gasteiger partial charge in [0.1, 0.15) is 11.5 Å². The second kappa shape index (κ2) is 6.20. The lowest BCUT2D eigenvalue weighted by Gasteiger charge is -2.27. The Morgan fingerprint density at radius 3 is 2.35 bits per heavy atom. The number of ketones is 1. The first-order valence-electron chi connectivity index (χ1n) is 7.25. The Bertz CT molecular complexity index is 738. The van der Waals surface area contributed by atoms with Crippen molar-refractivity contribution < 1.29 is 23.7 Å². The lowest BCUT2D eigenvalue weighted by molar-refractivity contribution is -0.126. The van der Waals surface area contributed by atoms with Gasteiger partial charge in [0.05, 0.1) is 21.3 Å². The molecule has 0 saturated heterocycles. The molecule has 1 heterocycles. The maximum atomic E-state index is 12.6. The van der Waals surface area contributed by atoms with E-state index in [0.717, 1.165) is 5.56 Å². The summed E-state index contributed by atoms with van der Waals surface area (Å²) in [5, 5.41) is 0. The van der Waals surface area contributed by atoms with E-state index in [1.165, 1.54) is 0 Å². The highest BCUT2D eigenvalue weighted by Crippen LogP contribution is 2.42. The van der Waals surface area contributed by atoms with E-state index >= 15 is 0 Å². The predicted molar refractivity (Wildman–Crippen MR) is 84.6 cm³/mol. The molecule has 0 aromatic heterocycles. The largest absolute Gasteiger partial charge is 0.496 e. The number of hydrogen-bond acceptors (Lipinski definition) is 5. The number of carbonyl (C=O) groups excluding carboxylic acids is 1. The lowest BCUT2D eigenvalue weighted by atomic mass is 9.95. The van der Waals surface area contributed by atoms with Crippen molar-refractivity contribution in [2.24, 2.45) is 0 Å². The molecule has 0 fully saturated rings. The fourth-order valence-corrected chi connectivity index (χ4v) is 2.84. The van der Waals surface area contributed by atoms with Gasteiger partial charge in [-0.1, -0.05) is 18.2 Å². The number of ether oxygens (including phenoxy) is 4. The highest BCUT2D eigenvalue weighted by Gasteiger charge is 2.33. The second-order valence-corrected chi connectivity index (χ2v) is 5.16. The molecule has 0 spiro atoms. The zero-order valence-electron chi connectivity index (χ0n) is 13.3. The highest BCUT2D eigenvalue weighted by atomic mass is 16.5. The molecular formula is C18H18O5. The van der Waals surface area contributed by atoms with Crippen LogP contribution in [0.25, 0.3) is 0 Å². The summed E-state index contributed by atoms with van der Waals surface area (Å²) < 4.78 is 22.0. The van der Waals surface area contributed by atoms with Crippen molar-refractivity contribution in [1.29, 1.82) is 0 Å². The summed E-state index contributed by atoms with van der Waals surface area (Å²) in [6, 6.07) is 10.9. The van der Waals surface area contributed by atoms with Gasteiger partial charge in [0.2, 0.25) is 0 Å². The van der Waals surface area contributed by atoms with Crippen LogP contribution in [0.1, 0.15) is 17.2 Å².